The lowest BCUT2D eigenvalue weighted by atomic mass is 10.2. The number of carbonyl (C=O) groups excluding carboxylic acids is 1. The number of nitrogens with zero attached hydrogens (tertiary/aromatic N) is 4. The van der Waals surface area contributed by atoms with Crippen LogP contribution in [0.5, 0.6) is 0 Å². The highest BCUT2D eigenvalue weighted by molar-refractivity contribution is 5.94. The molecule has 0 radical (unpaired) electrons. The van der Waals surface area contributed by atoms with Crippen LogP contribution in [0.15, 0.2) is 42.9 Å². The zero-order chi connectivity index (χ0) is 16.2. The van der Waals surface area contributed by atoms with Gasteiger partial charge in [-0.2, -0.15) is 0 Å². The molecule has 1 aliphatic heterocycles. The van der Waals surface area contributed by atoms with Crippen LogP contribution < -0.4 is 5.32 Å². The predicted molar refractivity (Wildman–Crippen MR) is 83.1 cm³/mol. The average molecular weight is 313 g/mol. The van der Waals surface area contributed by atoms with Crippen LogP contribution in [0.1, 0.15) is 16.8 Å². The standard InChI is InChI=1S/C15H15N5O3/c21-15(11-3-6-16-7-4-11)19-8-5-12(10-19)18-14-2-1-13(9-17-14)20(22)23/h1-4,6-7,9,12H,5,8,10H2,(H,17,18)/t12-/m1/s1. The Kier molecular flexibility index (Phi) is 4.13. The summed E-state index contributed by atoms with van der Waals surface area (Å²) in [6.07, 6.45) is 5.21. The maximum atomic E-state index is 12.3. The quantitative estimate of drug-likeness (QED) is 0.681. The monoisotopic (exact) mass is 313 g/mol. The van der Waals surface area contributed by atoms with Crippen LogP contribution in [-0.2, 0) is 0 Å². The van der Waals surface area contributed by atoms with E-state index < -0.39 is 4.92 Å². The second kappa shape index (κ2) is 6.39. The number of carbonyl (C=O) groups is 1. The highest BCUT2D eigenvalue weighted by Gasteiger charge is 2.27. The zero-order valence-electron chi connectivity index (χ0n) is 12.3. The molecule has 3 heterocycles. The van der Waals surface area contributed by atoms with Crippen molar-refractivity contribution < 1.29 is 9.72 Å². The molecule has 0 aromatic carbocycles. The van der Waals surface area contributed by atoms with Gasteiger partial charge >= 0.3 is 0 Å². The van der Waals surface area contributed by atoms with E-state index in [0.717, 1.165) is 6.42 Å². The molecule has 1 fully saturated rings. The van der Waals surface area contributed by atoms with Crippen LogP contribution in [0.3, 0.4) is 0 Å². The van der Waals surface area contributed by atoms with Gasteiger partial charge in [0.25, 0.3) is 11.6 Å². The highest BCUT2D eigenvalue weighted by Crippen LogP contribution is 2.18. The van der Waals surface area contributed by atoms with E-state index in [9.17, 15) is 14.9 Å². The number of amides is 1. The lowest BCUT2D eigenvalue weighted by Crippen LogP contribution is -2.31. The first-order valence-corrected chi connectivity index (χ1v) is 7.20. The van der Waals surface area contributed by atoms with Crippen molar-refractivity contribution in [2.45, 2.75) is 12.5 Å². The predicted octanol–water partition coefficient (Wildman–Crippen LogP) is 1.71. The summed E-state index contributed by atoms with van der Waals surface area (Å²) in [6.45, 7) is 1.23. The van der Waals surface area contributed by atoms with Gasteiger partial charge in [0, 0.05) is 43.2 Å². The Balaban J connectivity index is 1.59. The van der Waals surface area contributed by atoms with Gasteiger partial charge in [0.1, 0.15) is 12.0 Å². The summed E-state index contributed by atoms with van der Waals surface area (Å²) in [5, 5.41) is 13.8. The van der Waals surface area contributed by atoms with Crippen LogP contribution in [0.25, 0.3) is 0 Å². The average Bonchev–Trinajstić information content (AvgIpc) is 3.04. The summed E-state index contributed by atoms with van der Waals surface area (Å²) in [6, 6.07) is 6.45. The number of pyridine rings is 2. The second-order valence-corrected chi connectivity index (χ2v) is 5.28. The first-order chi connectivity index (χ1) is 11.1. The van der Waals surface area contributed by atoms with E-state index in [2.05, 4.69) is 15.3 Å². The van der Waals surface area contributed by atoms with E-state index in [1.807, 2.05) is 0 Å². The first kappa shape index (κ1) is 14.9. The van der Waals surface area contributed by atoms with E-state index in [4.69, 9.17) is 0 Å². The fraction of sp³-hybridized carbons (Fsp3) is 0.267. The molecule has 118 valence electrons. The SMILES string of the molecule is O=C(c1ccncc1)N1CC[C@@H](Nc2ccc([N+](=O)[O-])cn2)C1. The Labute approximate surface area is 132 Å². The largest absolute Gasteiger partial charge is 0.365 e. The third-order valence-electron chi connectivity index (χ3n) is 3.71. The van der Waals surface area contributed by atoms with Gasteiger partial charge in [-0.05, 0) is 24.6 Å². The molecule has 1 N–H and O–H groups in total. The molecule has 2 aromatic heterocycles. The number of aromatic nitrogens is 2. The summed E-state index contributed by atoms with van der Waals surface area (Å²) in [4.78, 5) is 32.2. The number of nitrogens with one attached hydrogen (secondary N) is 1. The van der Waals surface area contributed by atoms with Gasteiger partial charge in [-0.3, -0.25) is 19.9 Å². The van der Waals surface area contributed by atoms with E-state index in [-0.39, 0.29) is 17.6 Å². The van der Waals surface area contributed by atoms with Crippen molar-refractivity contribution in [3.05, 3.63) is 58.5 Å². The topological polar surface area (TPSA) is 101 Å². The smallest absolute Gasteiger partial charge is 0.287 e. The van der Waals surface area contributed by atoms with Crippen LogP contribution in [0.2, 0.25) is 0 Å². The van der Waals surface area contributed by atoms with Gasteiger partial charge in [0.15, 0.2) is 0 Å². The Bertz CT molecular complexity index is 705. The fourth-order valence-corrected chi connectivity index (χ4v) is 2.53. The molecule has 1 saturated heterocycles. The van der Waals surface area contributed by atoms with Crippen molar-refractivity contribution in [2.75, 3.05) is 18.4 Å². The molecule has 1 aliphatic rings. The minimum absolute atomic E-state index is 0.0200. The summed E-state index contributed by atoms with van der Waals surface area (Å²) in [7, 11) is 0. The fourth-order valence-electron chi connectivity index (χ4n) is 2.53. The van der Waals surface area contributed by atoms with Crippen LogP contribution in [-0.4, -0.2) is 44.8 Å². The summed E-state index contributed by atoms with van der Waals surface area (Å²) in [5.41, 5.74) is 0.575. The van der Waals surface area contributed by atoms with Crippen molar-refractivity contribution in [3.8, 4) is 0 Å². The van der Waals surface area contributed by atoms with Crippen molar-refractivity contribution in [3.63, 3.8) is 0 Å². The van der Waals surface area contributed by atoms with Crippen LogP contribution in [0.4, 0.5) is 11.5 Å². The van der Waals surface area contributed by atoms with E-state index in [1.165, 1.54) is 12.3 Å². The van der Waals surface area contributed by atoms with Gasteiger partial charge < -0.3 is 10.2 Å². The molecule has 0 saturated carbocycles. The molecule has 3 rings (SSSR count). The Morgan fingerprint density at radius 2 is 2.09 bits per heavy atom. The zero-order valence-corrected chi connectivity index (χ0v) is 12.3. The number of nitro groups is 1. The van der Waals surface area contributed by atoms with E-state index in [0.29, 0.717) is 24.5 Å². The number of anilines is 1. The lowest BCUT2D eigenvalue weighted by molar-refractivity contribution is -0.385. The molecule has 0 bridgehead atoms. The Hall–Kier alpha value is -3.03. The summed E-state index contributed by atoms with van der Waals surface area (Å²) in [5.74, 6) is 0.548. The third-order valence-corrected chi connectivity index (χ3v) is 3.71. The Morgan fingerprint density at radius 3 is 2.74 bits per heavy atom. The molecule has 0 aliphatic carbocycles. The van der Waals surface area contributed by atoms with Crippen molar-refractivity contribution in [2.24, 2.45) is 0 Å². The van der Waals surface area contributed by atoms with Gasteiger partial charge in [-0.25, -0.2) is 4.98 Å². The molecule has 2 aromatic rings. The number of hydrogen-bond acceptors (Lipinski definition) is 6. The van der Waals surface area contributed by atoms with Gasteiger partial charge in [0.2, 0.25) is 0 Å². The molecule has 8 heteroatoms. The van der Waals surface area contributed by atoms with Crippen LogP contribution >= 0.6 is 0 Å². The Morgan fingerprint density at radius 1 is 1.30 bits per heavy atom. The van der Waals surface area contributed by atoms with E-state index >= 15 is 0 Å². The van der Waals surface area contributed by atoms with Crippen molar-refractivity contribution >= 4 is 17.4 Å². The molecule has 0 spiro atoms. The summed E-state index contributed by atoms with van der Waals surface area (Å²) >= 11 is 0. The van der Waals surface area contributed by atoms with Gasteiger partial charge in [-0.1, -0.05) is 0 Å². The third kappa shape index (κ3) is 3.42. The number of likely N-dealkylation sites (tertiary alicyclic amines) is 1. The summed E-state index contributed by atoms with van der Waals surface area (Å²) < 4.78 is 0. The lowest BCUT2D eigenvalue weighted by Gasteiger charge is -2.17. The number of hydrogen-bond donors (Lipinski definition) is 1. The molecule has 0 unspecified atom stereocenters. The van der Waals surface area contributed by atoms with Crippen LogP contribution in [0, 0.1) is 10.1 Å². The second-order valence-electron chi connectivity index (χ2n) is 5.28. The first-order valence-electron chi connectivity index (χ1n) is 7.20. The van der Waals surface area contributed by atoms with Gasteiger partial charge in [0.05, 0.1) is 4.92 Å². The maximum absolute atomic E-state index is 12.3. The molecule has 8 nitrogen and oxygen atoms in total. The minimum atomic E-state index is -0.485. The molecule has 23 heavy (non-hydrogen) atoms. The molecule has 1 atom stereocenters. The molecular weight excluding hydrogens is 298 g/mol. The highest BCUT2D eigenvalue weighted by atomic mass is 16.6. The van der Waals surface area contributed by atoms with Crippen molar-refractivity contribution in [1.82, 2.24) is 14.9 Å². The molecule has 1 amide bonds. The number of rotatable bonds is 4. The molecular formula is C15H15N5O3. The maximum Gasteiger partial charge on any atom is 0.287 e. The normalized spacial score (nSPS) is 17.0. The minimum Gasteiger partial charge on any atom is -0.365 e. The van der Waals surface area contributed by atoms with Gasteiger partial charge in [-0.15, -0.1) is 0 Å². The van der Waals surface area contributed by atoms with Crippen molar-refractivity contribution in [1.29, 1.82) is 0 Å². The van der Waals surface area contributed by atoms with E-state index in [1.54, 1.807) is 35.5 Å².